The lowest BCUT2D eigenvalue weighted by Crippen LogP contribution is -2.22. The minimum Gasteiger partial charge on any atom is -0.375 e. The molecule has 0 aromatic carbocycles. The molecule has 1 atom stereocenters. The Bertz CT molecular complexity index is 160. The van der Waals surface area contributed by atoms with E-state index >= 15 is 0 Å². The molecule has 1 heteroatoms. The quantitative estimate of drug-likeness (QED) is 0.587. The molecule has 0 aromatic heterocycles. The van der Waals surface area contributed by atoms with Gasteiger partial charge in [0.15, 0.2) is 0 Å². The molecule has 0 radical (unpaired) electrons. The third-order valence-electron chi connectivity index (χ3n) is 2.53. The third kappa shape index (κ3) is 2.98. The second-order valence-corrected chi connectivity index (χ2v) is 4.22. The highest BCUT2D eigenvalue weighted by molar-refractivity contribution is 4.94. The molecule has 1 fully saturated rings. The molecule has 1 saturated heterocycles. The minimum absolute atomic E-state index is 0.186. The zero-order chi connectivity index (χ0) is 9.03. The predicted molar refractivity (Wildman–Crippen MR) is 52.3 cm³/mol. The minimum atomic E-state index is 0.186. The van der Waals surface area contributed by atoms with Gasteiger partial charge >= 0.3 is 0 Å². The van der Waals surface area contributed by atoms with Gasteiger partial charge in [0, 0.05) is 6.61 Å². The summed E-state index contributed by atoms with van der Waals surface area (Å²) in [5.41, 5.74) is 1.60. The summed E-state index contributed by atoms with van der Waals surface area (Å²) < 4.78 is 5.69. The van der Waals surface area contributed by atoms with Crippen LogP contribution in [0.4, 0.5) is 0 Å². The van der Waals surface area contributed by atoms with Crippen LogP contribution in [-0.4, -0.2) is 12.2 Å². The fourth-order valence-corrected chi connectivity index (χ4v) is 1.70. The normalized spacial score (nSPS) is 28.9. The van der Waals surface area contributed by atoms with Crippen molar-refractivity contribution in [3.63, 3.8) is 0 Å². The van der Waals surface area contributed by atoms with E-state index in [1.807, 2.05) is 0 Å². The Hall–Kier alpha value is -0.300. The fourth-order valence-electron chi connectivity index (χ4n) is 1.70. The zero-order valence-electron chi connectivity index (χ0n) is 8.52. The first-order chi connectivity index (χ1) is 5.62. The third-order valence-corrected chi connectivity index (χ3v) is 2.53. The van der Waals surface area contributed by atoms with Crippen LogP contribution in [0.5, 0.6) is 0 Å². The zero-order valence-corrected chi connectivity index (χ0v) is 8.52. The van der Waals surface area contributed by atoms with Gasteiger partial charge in [0.05, 0.1) is 5.60 Å². The summed E-state index contributed by atoms with van der Waals surface area (Å²) in [6, 6.07) is 0. The van der Waals surface area contributed by atoms with E-state index in [0.29, 0.717) is 0 Å². The molecule has 1 unspecified atom stereocenters. The second kappa shape index (κ2) is 4.08. The van der Waals surface area contributed by atoms with Crippen LogP contribution in [0.2, 0.25) is 0 Å². The molecular formula is C11H20O. The van der Waals surface area contributed by atoms with Gasteiger partial charge in [0.25, 0.3) is 0 Å². The maximum absolute atomic E-state index is 5.69. The van der Waals surface area contributed by atoms with E-state index in [1.54, 1.807) is 0 Å². The first kappa shape index (κ1) is 9.79. The van der Waals surface area contributed by atoms with Gasteiger partial charge in [0.2, 0.25) is 0 Å². The summed E-state index contributed by atoms with van der Waals surface area (Å²) in [6.07, 6.45) is 7.12. The lowest BCUT2D eigenvalue weighted by Gasteiger charge is -2.21. The van der Waals surface area contributed by atoms with Crippen LogP contribution in [0.15, 0.2) is 11.6 Å². The van der Waals surface area contributed by atoms with Gasteiger partial charge in [-0.15, -0.1) is 0 Å². The van der Waals surface area contributed by atoms with Crippen molar-refractivity contribution in [1.29, 1.82) is 0 Å². The van der Waals surface area contributed by atoms with Crippen LogP contribution >= 0.6 is 0 Å². The molecule has 1 nitrogen and oxygen atoms in total. The van der Waals surface area contributed by atoms with Gasteiger partial charge in [-0.25, -0.2) is 0 Å². The second-order valence-electron chi connectivity index (χ2n) is 4.22. The van der Waals surface area contributed by atoms with Crippen molar-refractivity contribution < 1.29 is 4.74 Å². The van der Waals surface area contributed by atoms with Crippen LogP contribution in [0.3, 0.4) is 0 Å². The summed E-state index contributed by atoms with van der Waals surface area (Å²) in [5.74, 6) is 0. The van der Waals surface area contributed by atoms with Gasteiger partial charge < -0.3 is 4.74 Å². The van der Waals surface area contributed by atoms with Gasteiger partial charge in [-0.3, -0.25) is 0 Å². The van der Waals surface area contributed by atoms with Crippen molar-refractivity contribution in [2.75, 3.05) is 6.61 Å². The van der Waals surface area contributed by atoms with E-state index in [1.165, 1.54) is 31.3 Å². The highest BCUT2D eigenvalue weighted by Gasteiger charge is 2.28. The number of allylic oxidation sites excluding steroid dienone is 2. The van der Waals surface area contributed by atoms with Gasteiger partial charge in [-0.2, -0.15) is 0 Å². The maximum atomic E-state index is 5.69. The van der Waals surface area contributed by atoms with E-state index in [9.17, 15) is 0 Å². The highest BCUT2D eigenvalue weighted by Crippen LogP contribution is 2.29. The largest absolute Gasteiger partial charge is 0.375 e. The van der Waals surface area contributed by atoms with Crippen LogP contribution < -0.4 is 0 Å². The van der Waals surface area contributed by atoms with Crippen LogP contribution in [0.1, 0.15) is 46.5 Å². The molecule has 1 rings (SSSR count). The topological polar surface area (TPSA) is 9.23 Å². The number of ether oxygens (including phenoxy) is 1. The van der Waals surface area contributed by atoms with Gasteiger partial charge in [-0.05, 0) is 46.5 Å². The molecule has 1 aliphatic rings. The molecule has 12 heavy (non-hydrogen) atoms. The molecular weight excluding hydrogens is 148 g/mol. The van der Waals surface area contributed by atoms with Crippen LogP contribution in [0.25, 0.3) is 0 Å². The molecule has 1 heterocycles. The summed E-state index contributed by atoms with van der Waals surface area (Å²) in [4.78, 5) is 0. The Labute approximate surface area is 75.8 Å². The van der Waals surface area contributed by atoms with Gasteiger partial charge in [0.1, 0.15) is 0 Å². The fraction of sp³-hybridized carbons (Fsp3) is 0.818. The molecule has 0 aliphatic carbocycles. The maximum Gasteiger partial charge on any atom is 0.0658 e. The monoisotopic (exact) mass is 168 g/mol. The Kier molecular flexibility index (Phi) is 3.33. The van der Waals surface area contributed by atoms with E-state index in [2.05, 4.69) is 26.8 Å². The van der Waals surface area contributed by atoms with Crippen LogP contribution in [0, 0.1) is 0 Å². The van der Waals surface area contributed by atoms with Gasteiger partial charge in [-0.1, -0.05) is 11.6 Å². The van der Waals surface area contributed by atoms with Crippen molar-refractivity contribution in [1.82, 2.24) is 0 Å². The molecule has 0 aromatic rings. The Morgan fingerprint density at radius 1 is 1.50 bits per heavy atom. The highest BCUT2D eigenvalue weighted by atomic mass is 16.5. The molecule has 0 spiro atoms. The molecule has 1 aliphatic heterocycles. The summed E-state index contributed by atoms with van der Waals surface area (Å²) >= 11 is 0. The number of rotatable bonds is 3. The van der Waals surface area contributed by atoms with Crippen molar-refractivity contribution in [2.45, 2.75) is 52.1 Å². The predicted octanol–water partition coefficient (Wildman–Crippen LogP) is 3.30. The Balaban J connectivity index is 2.26. The molecule has 0 bridgehead atoms. The van der Waals surface area contributed by atoms with Crippen molar-refractivity contribution in [3.8, 4) is 0 Å². The van der Waals surface area contributed by atoms with E-state index in [-0.39, 0.29) is 5.60 Å². The molecule has 0 N–H and O–H groups in total. The smallest absolute Gasteiger partial charge is 0.0658 e. The first-order valence-corrected chi connectivity index (χ1v) is 4.90. The van der Waals surface area contributed by atoms with Crippen molar-refractivity contribution in [3.05, 3.63) is 11.6 Å². The lowest BCUT2D eigenvalue weighted by molar-refractivity contribution is 0.0141. The molecule has 0 saturated carbocycles. The van der Waals surface area contributed by atoms with Crippen LogP contribution in [-0.2, 0) is 4.74 Å². The van der Waals surface area contributed by atoms with Crippen molar-refractivity contribution in [2.24, 2.45) is 0 Å². The summed E-state index contributed by atoms with van der Waals surface area (Å²) in [5, 5.41) is 0. The summed E-state index contributed by atoms with van der Waals surface area (Å²) in [7, 11) is 0. The van der Waals surface area contributed by atoms with E-state index < -0.39 is 0 Å². The average molecular weight is 168 g/mol. The van der Waals surface area contributed by atoms with Crippen molar-refractivity contribution >= 4 is 0 Å². The van der Waals surface area contributed by atoms with E-state index in [4.69, 9.17) is 4.74 Å². The SMILES string of the molecule is CC(C)=CCCC1(C)CCCO1. The average Bonchev–Trinajstić information content (AvgIpc) is 2.35. The summed E-state index contributed by atoms with van der Waals surface area (Å²) in [6.45, 7) is 7.50. The number of hydrogen-bond acceptors (Lipinski definition) is 1. The Morgan fingerprint density at radius 3 is 2.75 bits per heavy atom. The Morgan fingerprint density at radius 2 is 2.25 bits per heavy atom. The standard InChI is InChI=1S/C11H20O/c1-10(2)6-4-7-11(3)8-5-9-12-11/h6H,4-5,7-9H2,1-3H3. The molecule has 0 amide bonds. The first-order valence-electron chi connectivity index (χ1n) is 4.90. The lowest BCUT2D eigenvalue weighted by atomic mass is 9.96. The number of hydrogen-bond donors (Lipinski definition) is 0. The molecule has 70 valence electrons. The van der Waals surface area contributed by atoms with E-state index in [0.717, 1.165) is 6.61 Å².